The molecule has 3 aromatic rings. The van der Waals surface area contributed by atoms with E-state index in [9.17, 15) is 23.9 Å². The van der Waals surface area contributed by atoms with Gasteiger partial charge in [0.25, 0.3) is 5.91 Å². The number of carbonyl (C=O) groups excluding carboxylic acids is 1. The maximum absolute atomic E-state index is 13.6. The van der Waals surface area contributed by atoms with Gasteiger partial charge in [-0.05, 0) is 35.8 Å². The topological polar surface area (TPSA) is 88.8 Å². The number of pyridine rings is 1. The summed E-state index contributed by atoms with van der Waals surface area (Å²) >= 11 is 5.88. The van der Waals surface area contributed by atoms with Crippen LogP contribution in [0.15, 0.2) is 59.9 Å². The SMILES string of the molecule is C=C(C)c1c(C(=O)O)n2c(c(OCc3ccccc3)c1=O)C(=O)N(Cc1ccc(F)c(Cl)c1)CC2. The number of rotatable bonds is 7. The van der Waals surface area contributed by atoms with Crippen LogP contribution < -0.4 is 10.2 Å². The maximum atomic E-state index is 13.6. The molecule has 9 heteroatoms. The van der Waals surface area contributed by atoms with Crippen molar-refractivity contribution < 1.29 is 23.8 Å². The molecule has 1 aliphatic rings. The number of fused-ring (bicyclic) bond motifs is 1. The molecule has 7 nitrogen and oxygen atoms in total. The van der Waals surface area contributed by atoms with Crippen molar-refractivity contribution in [1.29, 1.82) is 0 Å². The minimum absolute atomic E-state index is 0.00593. The lowest BCUT2D eigenvalue weighted by molar-refractivity contribution is 0.0647. The van der Waals surface area contributed by atoms with Crippen molar-refractivity contribution in [2.45, 2.75) is 26.6 Å². The van der Waals surface area contributed by atoms with Crippen LogP contribution in [-0.4, -0.2) is 33.0 Å². The average molecular weight is 497 g/mol. The Hall–Kier alpha value is -3.91. The molecule has 0 saturated heterocycles. The highest BCUT2D eigenvalue weighted by Crippen LogP contribution is 2.29. The van der Waals surface area contributed by atoms with E-state index < -0.39 is 23.1 Å². The van der Waals surface area contributed by atoms with E-state index in [-0.39, 0.29) is 59.5 Å². The molecule has 0 bridgehead atoms. The van der Waals surface area contributed by atoms with Gasteiger partial charge in [-0.3, -0.25) is 9.59 Å². The van der Waals surface area contributed by atoms with Gasteiger partial charge in [0.2, 0.25) is 5.43 Å². The molecule has 1 amide bonds. The summed E-state index contributed by atoms with van der Waals surface area (Å²) in [5.74, 6) is -2.73. The van der Waals surface area contributed by atoms with E-state index in [1.165, 1.54) is 34.6 Å². The number of carboxylic acids is 1. The highest BCUT2D eigenvalue weighted by Gasteiger charge is 2.35. The number of hydrogen-bond acceptors (Lipinski definition) is 4. The zero-order valence-electron chi connectivity index (χ0n) is 18.9. The van der Waals surface area contributed by atoms with Gasteiger partial charge in [0.05, 0.1) is 10.6 Å². The van der Waals surface area contributed by atoms with E-state index >= 15 is 0 Å². The maximum Gasteiger partial charge on any atom is 0.353 e. The van der Waals surface area contributed by atoms with Gasteiger partial charge in [0.15, 0.2) is 11.4 Å². The van der Waals surface area contributed by atoms with Crippen LogP contribution >= 0.6 is 11.6 Å². The van der Waals surface area contributed by atoms with Gasteiger partial charge in [0.1, 0.15) is 18.1 Å². The normalized spacial score (nSPS) is 12.9. The van der Waals surface area contributed by atoms with Crippen LogP contribution in [-0.2, 0) is 19.7 Å². The van der Waals surface area contributed by atoms with Crippen LogP contribution in [0, 0.1) is 5.82 Å². The summed E-state index contributed by atoms with van der Waals surface area (Å²) in [6.07, 6.45) is 0. The molecular weight excluding hydrogens is 475 g/mol. The number of hydrogen-bond donors (Lipinski definition) is 1. The number of halogens is 2. The highest BCUT2D eigenvalue weighted by atomic mass is 35.5. The van der Waals surface area contributed by atoms with E-state index in [0.29, 0.717) is 5.56 Å². The Morgan fingerprint density at radius 2 is 1.86 bits per heavy atom. The first kappa shape index (κ1) is 24.2. The Bertz CT molecular complexity index is 1400. The molecule has 4 rings (SSSR count). The number of carbonyl (C=O) groups is 2. The fourth-order valence-electron chi connectivity index (χ4n) is 4.10. The predicted octanol–water partition coefficient (Wildman–Crippen LogP) is 4.61. The third-order valence-corrected chi connectivity index (χ3v) is 6.01. The molecule has 0 saturated carbocycles. The van der Waals surface area contributed by atoms with E-state index in [4.69, 9.17) is 16.3 Å². The van der Waals surface area contributed by atoms with Crippen molar-refractivity contribution in [1.82, 2.24) is 9.47 Å². The second-order valence-corrected chi connectivity index (χ2v) is 8.62. The smallest absolute Gasteiger partial charge is 0.353 e. The molecule has 0 radical (unpaired) electrons. The molecule has 35 heavy (non-hydrogen) atoms. The van der Waals surface area contributed by atoms with Crippen LogP contribution in [0.25, 0.3) is 5.57 Å². The first-order valence-electron chi connectivity index (χ1n) is 10.8. The van der Waals surface area contributed by atoms with Crippen molar-refractivity contribution in [2.24, 2.45) is 0 Å². The first-order valence-corrected chi connectivity index (χ1v) is 11.2. The first-order chi connectivity index (χ1) is 16.7. The molecule has 1 aliphatic heterocycles. The molecule has 0 aliphatic carbocycles. The Balaban J connectivity index is 1.82. The number of allylic oxidation sites excluding steroid dienone is 1. The number of carboxylic acid groups (broad SMARTS) is 1. The number of benzene rings is 2. The number of aromatic carboxylic acids is 1. The van der Waals surface area contributed by atoms with Crippen LogP contribution in [0.1, 0.15) is 44.6 Å². The van der Waals surface area contributed by atoms with Crippen molar-refractivity contribution in [3.63, 3.8) is 0 Å². The van der Waals surface area contributed by atoms with Crippen molar-refractivity contribution in [3.8, 4) is 5.75 Å². The molecule has 1 N–H and O–H groups in total. The number of nitrogens with zero attached hydrogens (tertiary/aromatic N) is 2. The standard InChI is InChI=1S/C26H22ClFN2O5/c1-15(2)20-21(26(33)34)30-11-10-29(13-17-8-9-19(28)18(27)12-17)25(32)22(30)24(23(20)31)35-14-16-6-4-3-5-7-16/h3-9,12H,1,10-11,13-14H2,2H3,(H,33,34). The average Bonchev–Trinajstić information content (AvgIpc) is 2.82. The summed E-state index contributed by atoms with van der Waals surface area (Å²) in [5, 5.41) is 9.85. The zero-order chi connectivity index (χ0) is 25.3. The summed E-state index contributed by atoms with van der Waals surface area (Å²) in [6.45, 7) is 5.68. The Labute approximate surface area is 205 Å². The Kier molecular flexibility index (Phi) is 6.75. The molecule has 0 unspecified atom stereocenters. The van der Waals surface area contributed by atoms with Crippen LogP contribution in [0.3, 0.4) is 0 Å². The van der Waals surface area contributed by atoms with E-state index in [2.05, 4.69) is 6.58 Å². The Morgan fingerprint density at radius 1 is 1.14 bits per heavy atom. The van der Waals surface area contributed by atoms with Crippen LogP contribution in [0.4, 0.5) is 4.39 Å². The monoisotopic (exact) mass is 496 g/mol. The number of ether oxygens (including phenoxy) is 1. The zero-order valence-corrected chi connectivity index (χ0v) is 19.6. The molecule has 2 heterocycles. The quantitative estimate of drug-likeness (QED) is 0.516. The second kappa shape index (κ2) is 9.76. The summed E-state index contributed by atoms with van der Waals surface area (Å²) in [5.41, 5.74) is 0.349. The third kappa shape index (κ3) is 4.70. The van der Waals surface area contributed by atoms with Crippen molar-refractivity contribution >= 4 is 29.1 Å². The van der Waals surface area contributed by atoms with Gasteiger partial charge in [-0.2, -0.15) is 0 Å². The van der Waals surface area contributed by atoms with Gasteiger partial charge >= 0.3 is 5.97 Å². The minimum Gasteiger partial charge on any atom is -0.483 e. The van der Waals surface area contributed by atoms with Crippen LogP contribution in [0.5, 0.6) is 5.75 Å². The van der Waals surface area contributed by atoms with Gasteiger partial charge in [0, 0.05) is 19.6 Å². The fourth-order valence-corrected chi connectivity index (χ4v) is 4.30. The number of amides is 1. The van der Waals surface area contributed by atoms with Crippen LogP contribution in [0.2, 0.25) is 5.02 Å². The summed E-state index contributed by atoms with van der Waals surface area (Å²) in [7, 11) is 0. The van der Waals surface area contributed by atoms with Gasteiger partial charge < -0.3 is 19.3 Å². The Morgan fingerprint density at radius 3 is 2.49 bits per heavy atom. The highest BCUT2D eigenvalue weighted by molar-refractivity contribution is 6.30. The lowest BCUT2D eigenvalue weighted by atomic mass is 10.0. The predicted molar refractivity (Wildman–Crippen MR) is 129 cm³/mol. The lowest BCUT2D eigenvalue weighted by Gasteiger charge is -2.32. The summed E-state index contributed by atoms with van der Waals surface area (Å²) in [6, 6.07) is 13.2. The molecule has 1 aromatic heterocycles. The molecule has 0 fully saturated rings. The van der Waals surface area contributed by atoms with Crippen molar-refractivity contribution in [2.75, 3.05) is 6.54 Å². The largest absolute Gasteiger partial charge is 0.483 e. The minimum atomic E-state index is -1.34. The molecule has 0 atom stereocenters. The van der Waals surface area contributed by atoms with E-state index in [1.54, 1.807) is 0 Å². The van der Waals surface area contributed by atoms with E-state index in [0.717, 1.165) is 5.56 Å². The molecule has 2 aromatic carbocycles. The molecule has 0 spiro atoms. The third-order valence-electron chi connectivity index (χ3n) is 5.72. The van der Waals surface area contributed by atoms with Gasteiger partial charge in [-0.15, -0.1) is 0 Å². The summed E-state index contributed by atoms with van der Waals surface area (Å²) < 4.78 is 20.7. The van der Waals surface area contributed by atoms with Gasteiger partial charge in [-0.1, -0.05) is 54.6 Å². The lowest BCUT2D eigenvalue weighted by Crippen LogP contribution is -2.44. The molecule has 180 valence electrons. The number of aromatic nitrogens is 1. The molecular formula is C26H22ClFN2O5. The van der Waals surface area contributed by atoms with Crippen molar-refractivity contribution in [3.05, 3.63) is 104 Å². The fraction of sp³-hybridized carbons (Fsp3) is 0.192. The second-order valence-electron chi connectivity index (χ2n) is 8.22. The van der Waals surface area contributed by atoms with Gasteiger partial charge in [-0.25, -0.2) is 9.18 Å². The van der Waals surface area contributed by atoms with E-state index in [1.807, 2.05) is 30.3 Å². The summed E-state index contributed by atoms with van der Waals surface area (Å²) in [4.78, 5) is 40.6.